The molecule has 0 radical (unpaired) electrons. The Hall–Kier alpha value is -2.19. The quantitative estimate of drug-likeness (QED) is 0.548. The van der Waals surface area contributed by atoms with Crippen LogP contribution < -0.4 is 10.9 Å². The van der Waals surface area contributed by atoms with Crippen molar-refractivity contribution in [3.8, 4) is 5.69 Å². The smallest absolute Gasteiger partial charge is 0.276 e. The highest BCUT2D eigenvalue weighted by Crippen LogP contribution is 2.24. The number of para-hydroxylation sites is 1. The molecule has 130 valence electrons. The summed E-state index contributed by atoms with van der Waals surface area (Å²) in [6.45, 7) is 3.74. The SMILES string of the molecule is CC(C)NC(=O)CSc1nc2ccsc2c(=O)n1-c1ccccc1F. The summed E-state index contributed by atoms with van der Waals surface area (Å²) in [7, 11) is 0. The third kappa shape index (κ3) is 3.74. The first-order chi connectivity index (χ1) is 12.0. The van der Waals surface area contributed by atoms with Gasteiger partial charge in [-0.3, -0.25) is 14.2 Å². The van der Waals surface area contributed by atoms with Crippen LogP contribution in [0.4, 0.5) is 4.39 Å². The maximum absolute atomic E-state index is 14.3. The molecule has 8 heteroatoms. The van der Waals surface area contributed by atoms with Crippen molar-refractivity contribution in [3.05, 3.63) is 51.9 Å². The molecule has 25 heavy (non-hydrogen) atoms. The molecule has 0 atom stereocenters. The van der Waals surface area contributed by atoms with Gasteiger partial charge < -0.3 is 5.32 Å². The van der Waals surface area contributed by atoms with Gasteiger partial charge in [0.1, 0.15) is 10.5 Å². The lowest BCUT2D eigenvalue weighted by Gasteiger charge is -2.13. The molecule has 1 N–H and O–H groups in total. The molecule has 1 aromatic carbocycles. The Morgan fingerprint density at radius 1 is 1.36 bits per heavy atom. The van der Waals surface area contributed by atoms with Crippen LogP contribution in [0.5, 0.6) is 0 Å². The number of nitrogens with zero attached hydrogens (tertiary/aromatic N) is 2. The summed E-state index contributed by atoms with van der Waals surface area (Å²) >= 11 is 2.37. The number of fused-ring (bicyclic) bond motifs is 1. The molecule has 2 aromatic heterocycles. The molecule has 0 aliphatic rings. The van der Waals surface area contributed by atoms with Crippen LogP contribution in [0.15, 0.2) is 45.7 Å². The molecule has 0 spiro atoms. The number of halogens is 1. The average molecular weight is 377 g/mol. The first-order valence-electron chi connectivity index (χ1n) is 7.64. The van der Waals surface area contributed by atoms with Gasteiger partial charge >= 0.3 is 0 Å². The van der Waals surface area contributed by atoms with E-state index >= 15 is 0 Å². The Kier molecular flexibility index (Phi) is 5.19. The fourth-order valence-electron chi connectivity index (χ4n) is 2.33. The van der Waals surface area contributed by atoms with Gasteiger partial charge in [0.15, 0.2) is 5.16 Å². The van der Waals surface area contributed by atoms with Gasteiger partial charge in [0, 0.05) is 6.04 Å². The van der Waals surface area contributed by atoms with Crippen molar-refractivity contribution in [1.29, 1.82) is 0 Å². The maximum atomic E-state index is 14.3. The molecule has 3 aromatic rings. The lowest BCUT2D eigenvalue weighted by molar-refractivity contribution is -0.119. The Morgan fingerprint density at radius 2 is 2.12 bits per heavy atom. The summed E-state index contributed by atoms with van der Waals surface area (Å²) < 4.78 is 16.0. The number of hydrogen-bond donors (Lipinski definition) is 1. The molecule has 2 heterocycles. The summed E-state index contributed by atoms with van der Waals surface area (Å²) in [6.07, 6.45) is 0. The zero-order valence-electron chi connectivity index (χ0n) is 13.7. The van der Waals surface area contributed by atoms with Crippen LogP contribution in [0.1, 0.15) is 13.8 Å². The fourth-order valence-corrected chi connectivity index (χ4v) is 3.90. The second kappa shape index (κ2) is 7.37. The standard InChI is InChI=1S/C17H16FN3O2S2/c1-10(2)19-14(22)9-25-17-20-12-7-8-24-15(12)16(23)21(17)13-6-4-3-5-11(13)18/h3-8,10H,9H2,1-2H3,(H,19,22). The van der Waals surface area contributed by atoms with Gasteiger partial charge in [0.05, 0.1) is 17.0 Å². The molecule has 0 fully saturated rings. The summed E-state index contributed by atoms with van der Waals surface area (Å²) in [5.74, 6) is -0.593. The van der Waals surface area contributed by atoms with E-state index in [4.69, 9.17) is 0 Å². The molecule has 1 amide bonds. The van der Waals surface area contributed by atoms with Crippen molar-refractivity contribution in [2.24, 2.45) is 0 Å². The van der Waals surface area contributed by atoms with E-state index in [9.17, 15) is 14.0 Å². The third-order valence-corrected chi connectivity index (χ3v) is 5.15. The first-order valence-corrected chi connectivity index (χ1v) is 9.51. The molecule has 5 nitrogen and oxygen atoms in total. The van der Waals surface area contributed by atoms with Crippen LogP contribution in [-0.4, -0.2) is 27.3 Å². The summed E-state index contributed by atoms with van der Waals surface area (Å²) in [6, 6.07) is 7.80. The predicted octanol–water partition coefficient (Wildman–Crippen LogP) is 3.20. The number of nitrogens with one attached hydrogen (secondary N) is 1. The predicted molar refractivity (Wildman–Crippen MR) is 99.2 cm³/mol. The highest BCUT2D eigenvalue weighted by atomic mass is 32.2. The monoisotopic (exact) mass is 377 g/mol. The van der Waals surface area contributed by atoms with Gasteiger partial charge in [-0.05, 0) is 37.4 Å². The van der Waals surface area contributed by atoms with Gasteiger partial charge in [-0.1, -0.05) is 23.9 Å². The van der Waals surface area contributed by atoms with Crippen molar-refractivity contribution >= 4 is 39.2 Å². The topological polar surface area (TPSA) is 64.0 Å². The van der Waals surface area contributed by atoms with Crippen molar-refractivity contribution in [3.63, 3.8) is 0 Å². The molecular formula is C17H16FN3O2S2. The Morgan fingerprint density at radius 3 is 2.84 bits per heavy atom. The molecule has 0 aliphatic heterocycles. The molecule has 0 bridgehead atoms. The fraction of sp³-hybridized carbons (Fsp3) is 0.235. The number of carbonyl (C=O) groups excluding carboxylic acids is 1. The second-order valence-corrected chi connectivity index (χ2v) is 7.49. The minimum absolute atomic E-state index is 0.0224. The van der Waals surface area contributed by atoms with E-state index < -0.39 is 5.82 Å². The van der Waals surface area contributed by atoms with E-state index in [1.54, 1.807) is 23.6 Å². The number of carbonyl (C=O) groups is 1. The van der Waals surface area contributed by atoms with E-state index in [2.05, 4.69) is 10.3 Å². The van der Waals surface area contributed by atoms with E-state index in [0.717, 1.165) is 11.8 Å². The normalized spacial score (nSPS) is 11.2. The highest BCUT2D eigenvalue weighted by Gasteiger charge is 2.17. The average Bonchev–Trinajstić information content (AvgIpc) is 3.02. The van der Waals surface area contributed by atoms with E-state index in [0.29, 0.717) is 15.4 Å². The van der Waals surface area contributed by atoms with Crippen LogP contribution in [0, 0.1) is 5.82 Å². The summed E-state index contributed by atoms with van der Waals surface area (Å²) in [4.78, 5) is 29.2. The first kappa shape index (κ1) is 17.6. The lowest BCUT2D eigenvalue weighted by Crippen LogP contribution is -2.32. The van der Waals surface area contributed by atoms with E-state index in [1.807, 2.05) is 13.8 Å². The van der Waals surface area contributed by atoms with Crippen molar-refractivity contribution < 1.29 is 9.18 Å². The Labute approximate surface area is 151 Å². The second-order valence-electron chi connectivity index (χ2n) is 5.63. The van der Waals surface area contributed by atoms with E-state index in [-0.39, 0.29) is 28.9 Å². The molecular weight excluding hydrogens is 361 g/mol. The molecule has 0 saturated heterocycles. The molecule has 0 aliphatic carbocycles. The van der Waals surface area contributed by atoms with Gasteiger partial charge in [0.2, 0.25) is 5.91 Å². The summed E-state index contributed by atoms with van der Waals surface area (Å²) in [5.41, 5.74) is 0.341. The van der Waals surface area contributed by atoms with Gasteiger partial charge in [0.25, 0.3) is 5.56 Å². The third-order valence-electron chi connectivity index (χ3n) is 3.32. The van der Waals surface area contributed by atoms with Crippen molar-refractivity contribution in [2.75, 3.05) is 5.75 Å². The van der Waals surface area contributed by atoms with Crippen molar-refractivity contribution in [1.82, 2.24) is 14.9 Å². The van der Waals surface area contributed by atoms with Crippen LogP contribution in [0.2, 0.25) is 0 Å². The zero-order valence-corrected chi connectivity index (χ0v) is 15.3. The van der Waals surface area contributed by atoms with Gasteiger partial charge in [-0.25, -0.2) is 9.37 Å². The van der Waals surface area contributed by atoms with Crippen molar-refractivity contribution in [2.45, 2.75) is 25.0 Å². The van der Waals surface area contributed by atoms with Crippen LogP contribution >= 0.6 is 23.1 Å². The number of benzene rings is 1. The highest BCUT2D eigenvalue weighted by molar-refractivity contribution is 7.99. The maximum Gasteiger partial charge on any atom is 0.276 e. The largest absolute Gasteiger partial charge is 0.353 e. The Bertz CT molecular complexity index is 981. The number of thioether (sulfide) groups is 1. The van der Waals surface area contributed by atoms with Crippen LogP contribution in [0.25, 0.3) is 15.9 Å². The zero-order chi connectivity index (χ0) is 18.0. The number of aromatic nitrogens is 2. The van der Waals surface area contributed by atoms with Crippen LogP contribution in [0.3, 0.4) is 0 Å². The number of hydrogen-bond acceptors (Lipinski definition) is 5. The minimum atomic E-state index is -0.518. The summed E-state index contributed by atoms with van der Waals surface area (Å²) in [5, 5.41) is 4.84. The lowest BCUT2D eigenvalue weighted by atomic mass is 10.3. The Balaban J connectivity index is 2.07. The minimum Gasteiger partial charge on any atom is -0.353 e. The number of amides is 1. The molecule has 3 rings (SSSR count). The van der Waals surface area contributed by atoms with E-state index in [1.165, 1.54) is 28.0 Å². The molecule has 0 saturated carbocycles. The number of rotatable bonds is 5. The van der Waals surface area contributed by atoms with Gasteiger partial charge in [-0.15, -0.1) is 11.3 Å². The number of thiophene rings is 1. The van der Waals surface area contributed by atoms with Crippen LogP contribution in [-0.2, 0) is 4.79 Å². The van der Waals surface area contributed by atoms with Gasteiger partial charge in [-0.2, -0.15) is 0 Å². The molecule has 0 unspecified atom stereocenters.